The van der Waals surface area contributed by atoms with Crippen LogP contribution in [0.5, 0.6) is 0 Å². The fraction of sp³-hybridized carbons (Fsp3) is 0.263. The largest absolute Gasteiger partial charge is 0.458 e. The molecule has 0 saturated heterocycles. The van der Waals surface area contributed by atoms with Crippen LogP contribution in [0.25, 0.3) is 0 Å². The van der Waals surface area contributed by atoms with E-state index >= 15 is 0 Å². The number of carbonyl (C=O) groups excluding carboxylic acids is 3. The van der Waals surface area contributed by atoms with Gasteiger partial charge in [0, 0.05) is 18.3 Å². The lowest BCUT2D eigenvalue weighted by Gasteiger charge is -2.09. The van der Waals surface area contributed by atoms with Crippen molar-refractivity contribution < 1.29 is 27.5 Å². The molecule has 0 aliphatic carbocycles. The fourth-order valence-electron chi connectivity index (χ4n) is 2.21. The second kappa shape index (κ2) is 9.28. The molecule has 29 heavy (non-hydrogen) atoms. The number of esters is 1. The molecule has 2 aromatic rings. The number of nitrogens with zero attached hydrogens (tertiary/aromatic N) is 1. The van der Waals surface area contributed by atoms with Crippen molar-refractivity contribution in [3.05, 3.63) is 59.4 Å². The maximum Gasteiger partial charge on any atom is 0.357 e. The zero-order chi connectivity index (χ0) is 21.6. The van der Waals surface area contributed by atoms with Crippen molar-refractivity contribution in [3.8, 4) is 0 Å². The highest BCUT2D eigenvalue weighted by molar-refractivity contribution is 7.90. The van der Waals surface area contributed by atoms with E-state index in [1.807, 2.05) is 4.72 Å². The average molecular weight is 419 g/mol. The number of hydrogen-bond donors (Lipinski definition) is 2. The Morgan fingerprint density at radius 1 is 1.00 bits per heavy atom. The highest BCUT2D eigenvalue weighted by Crippen LogP contribution is 2.12. The van der Waals surface area contributed by atoms with Crippen molar-refractivity contribution in [2.75, 3.05) is 6.54 Å². The van der Waals surface area contributed by atoms with E-state index in [1.54, 1.807) is 20.8 Å². The van der Waals surface area contributed by atoms with Gasteiger partial charge in [0.25, 0.3) is 21.8 Å². The molecule has 0 unspecified atom stereocenters. The molecule has 0 fully saturated rings. The summed E-state index contributed by atoms with van der Waals surface area (Å²) in [5.41, 5.74) is 0.248. The van der Waals surface area contributed by atoms with Crippen LogP contribution in [0.15, 0.2) is 47.5 Å². The van der Waals surface area contributed by atoms with Crippen molar-refractivity contribution in [2.24, 2.45) is 0 Å². The Morgan fingerprint density at radius 3 is 2.14 bits per heavy atom. The van der Waals surface area contributed by atoms with Gasteiger partial charge in [-0.1, -0.05) is 0 Å². The summed E-state index contributed by atoms with van der Waals surface area (Å²) in [7, 11) is -4.16. The van der Waals surface area contributed by atoms with E-state index in [1.165, 1.54) is 36.4 Å². The van der Waals surface area contributed by atoms with Crippen LogP contribution in [-0.4, -0.2) is 43.8 Å². The Morgan fingerprint density at radius 2 is 1.62 bits per heavy atom. The van der Waals surface area contributed by atoms with Crippen LogP contribution >= 0.6 is 0 Å². The van der Waals surface area contributed by atoms with Gasteiger partial charge in [-0.3, -0.25) is 9.59 Å². The first-order chi connectivity index (χ1) is 13.6. The molecule has 9 nitrogen and oxygen atoms in total. The summed E-state index contributed by atoms with van der Waals surface area (Å²) in [6, 6.07) is 7.69. The highest BCUT2D eigenvalue weighted by atomic mass is 32.2. The Kier molecular flexibility index (Phi) is 7.05. The van der Waals surface area contributed by atoms with Gasteiger partial charge < -0.3 is 10.1 Å². The number of pyridine rings is 1. The first kappa shape index (κ1) is 22.0. The summed E-state index contributed by atoms with van der Waals surface area (Å²) >= 11 is 0. The first-order valence-electron chi connectivity index (χ1n) is 8.76. The molecule has 1 aromatic heterocycles. The second-order valence-corrected chi connectivity index (χ2v) is 7.89. The molecule has 2 N–H and O–H groups in total. The van der Waals surface area contributed by atoms with Crippen LogP contribution in [0.2, 0.25) is 0 Å². The van der Waals surface area contributed by atoms with Gasteiger partial charge in [0.1, 0.15) is 5.69 Å². The third-order valence-corrected chi connectivity index (χ3v) is 4.92. The van der Waals surface area contributed by atoms with Crippen LogP contribution in [0.1, 0.15) is 52.0 Å². The predicted octanol–water partition coefficient (Wildman–Crippen LogP) is 1.52. The molecule has 2 amide bonds. The van der Waals surface area contributed by atoms with Gasteiger partial charge in [-0.15, -0.1) is 0 Å². The van der Waals surface area contributed by atoms with Crippen molar-refractivity contribution >= 4 is 27.8 Å². The SMILES string of the molecule is CCNC(=O)c1ccc(S(=O)(=O)NC(=O)c2ccc(C(=O)OC(C)C)nc2)cc1. The van der Waals surface area contributed by atoms with Crippen molar-refractivity contribution in [1.29, 1.82) is 0 Å². The summed E-state index contributed by atoms with van der Waals surface area (Å²) in [6.07, 6.45) is 0.761. The minimum atomic E-state index is -4.16. The van der Waals surface area contributed by atoms with Gasteiger partial charge >= 0.3 is 5.97 Å². The molecule has 2 rings (SSSR count). The lowest BCUT2D eigenvalue weighted by molar-refractivity contribution is 0.0370. The quantitative estimate of drug-likeness (QED) is 0.650. The maximum atomic E-state index is 12.4. The zero-order valence-electron chi connectivity index (χ0n) is 16.1. The Labute approximate surface area is 168 Å². The van der Waals surface area contributed by atoms with Crippen LogP contribution in [0.3, 0.4) is 0 Å². The molecule has 0 radical (unpaired) electrons. The number of benzene rings is 1. The molecule has 1 heterocycles. The minimum Gasteiger partial charge on any atom is -0.458 e. The molecule has 0 aliphatic heterocycles. The maximum absolute atomic E-state index is 12.4. The van der Waals surface area contributed by atoms with E-state index in [9.17, 15) is 22.8 Å². The topological polar surface area (TPSA) is 132 Å². The number of rotatable bonds is 7. The first-order valence-corrected chi connectivity index (χ1v) is 10.2. The molecule has 154 valence electrons. The Balaban J connectivity index is 2.11. The summed E-state index contributed by atoms with van der Waals surface area (Å²) in [5.74, 6) is -1.89. The third kappa shape index (κ3) is 5.85. The van der Waals surface area contributed by atoms with Crippen LogP contribution < -0.4 is 10.0 Å². The molecule has 0 spiro atoms. The molecule has 0 aliphatic rings. The van der Waals surface area contributed by atoms with E-state index in [2.05, 4.69) is 10.3 Å². The van der Waals surface area contributed by atoms with E-state index in [0.29, 0.717) is 12.1 Å². The molecule has 0 saturated carbocycles. The number of ether oxygens (including phenoxy) is 1. The minimum absolute atomic E-state index is 0.000878. The Bertz CT molecular complexity index is 999. The average Bonchev–Trinajstić information content (AvgIpc) is 2.67. The van der Waals surface area contributed by atoms with E-state index < -0.39 is 21.9 Å². The van der Waals surface area contributed by atoms with Crippen molar-refractivity contribution in [1.82, 2.24) is 15.0 Å². The normalized spacial score (nSPS) is 11.0. The van der Waals surface area contributed by atoms with Gasteiger partial charge in [-0.2, -0.15) is 0 Å². The van der Waals surface area contributed by atoms with Crippen LogP contribution in [0, 0.1) is 0 Å². The third-order valence-electron chi connectivity index (χ3n) is 3.57. The van der Waals surface area contributed by atoms with Crippen molar-refractivity contribution in [3.63, 3.8) is 0 Å². The monoisotopic (exact) mass is 419 g/mol. The van der Waals surface area contributed by atoms with Gasteiger partial charge in [0.05, 0.1) is 16.6 Å². The summed E-state index contributed by atoms with van der Waals surface area (Å²) in [4.78, 5) is 39.4. The van der Waals surface area contributed by atoms with Gasteiger partial charge in [-0.25, -0.2) is 22.9 Å². The van der Waals surface area contributed by atoms with E-state index in [4.69, 9.17) is 4.74 Å². The molecular formula is C19H21N3O6S. The van der Waals surface area contributed by atoms with E-state index in [0.717, 1.165) is 6.20 Å². The number of aromatic nitrogens is 1. The standard InChI is InChI=1S/C19H21N3O6S/c1-4-20-17(23)13-5-8-15(9-6-13)29(26,27)22-18(24)14-7-10-16(21-11-14)19(25)28-12(2)3/h5-12H,4H2,1-3H3,(H,20,23)(H,22,24). The Hall–Kier alpha value is -3.27. The van der Waals surface area contributed by atoms with Gasteiger partial charge in [0.15, 0.2) is 0 Å². The summed E-state index contributed by atoms with van der Waals surface area (Å²) in [6.45, 7) is 5.58. The van der Waals surface area contributed by atoms with E-state index in [-0.39, 0.29) is 28.2 Å². The van der Waals surface area contributed by atoms with Gasteiger partial charge in [0.2, 0.25) is 0 Å². The fourth-order valence-corrected chi connectivity index (χ4v) is 3.19. The lowest BCUT2D eigenvalue weighted by Crippen LogP contribution is -2.31. The molecular weight excluding hydrogens is 398 g/mol. The number of amides is 2. The van der Waals surface area contributed by atoms with Crippen LogP contribution in [0.4, 0.5) is 0 Å². The summed E-state index contributed by atoms with van der Waals surface area (Å²) < 4.78 is 31.7. The van der Waals surface area contributed by atoms with Crippen LogP contribution in [-0.2, 0) is 14.8 Å². The van der Waals surface area contributed by atoms with Crippen molar-refractivity contribution in [2.45, 2.75) is 31.8 Å². The molecule has 0 bridgehead atoms. The molecule has 10 heteroatoms. The number of carbonyl (C=O) groups is 3. The number of hydrogen-bond acceptors (Lipinski definition) is 7. The predicted molar refractivity (Wildman–Crippen MR) is 104 cm³/mol. The van der Waals surface area contributed by atoms with Gasteiger partial charge in [-0.05, 0) is 57.2 Å². The summed E-state index contributed by atoms with van der Waals surface area (Å²) in [5, 5.41) is 2.60. The second-order valence-electron chi connectivity index (χ2n) is 6.20. The number of nitrogens with one attached hydrogen (secondary N) is 2. The molecule has 0 atom stereocenters. The molecule has 1 aromatic carbocycles. The smallest absolute Gasteiger partial charge is 0.357 e. The lowest BCUT2D eigenvalue weighted by atomic mass is 10.2. The number of sulfonamides is 1. The highest BCUT2D eigenvalue weighted by Gasteiger charge is 2.20. The zero-order valence-corrected chi connectivity index (χ0v) is 16.9.